The Morgan fingerprint density at radius 2 is 2.30 bits per heavy atom. The van der Waals surface area contributed by atoms with Crippen LogP contribution in [-0.2, 0) is 6.42 Å². The minimum atomic E-state index is 0.0127. The summed E-state index contributed by atoms with van der Waals surface area (Å²) >= 11 is 3.07. The van der Waals surface area contributed by atoms with Crippen molar-refractivity contribution in [3.63, 3.8) is 0 Å². The Bertz CT molecular complexity index is 219. The summed E-state index contributed by atoms with van der Waals surface area (Å²) in [5, 5.41) is 8.94. The monoisotopic (exact) mass is 202 g/mol. The third-order valence-electron chi connectivity index (χ3n) is 1.10. The van der Waals surface area contributed by atoms with E-state index in [9.17, 15) is 0 Å². The first-order valence-corrected chi connectivity index (χ1v) is 3.74. The Balaban J connectivity index is 3.06. The number of hydrogen-bond acceptors (Lipinski definition) is 3. The van der Waals surface area contributed by atoms with E-state index in [1.54, 1.807) is 6.07 Å². The topological polar surface area (TPSA) is 46.0 Å². The molecular weight excluding hydrogens is 196 g/mol. The molecule has 0 radical (unpaired) electrons. The average molecular weight is 203 g/mol. The van der Waals surface area contributed by atoms with Crippen LogP contribution in [0.25, 0.3) is 0 Å². The van der Waals surface area contributed by atoms with Crippen molar-refractivity contribution in [1.29, 1.82) is 0 Å². The predicted molar refractivity (Wildman–Crippen MR) is 40.8 cm³/mol. The largest absolute Gasteiger partial charge is 0.493 e. The minimum Gasteiger partial charge on any atom is -0.493 e. The van der Waals surface area contributed by atoms with Crippen LogP contribution in [0.5, 0.6) is 5.88 Å². The Morgan fingerprint density at radius 1 is 1.60 bits per heavy atom. The van der Waals surface area contributed by atoms with Gasteiger partial charge in [-0.3, -0.25) is 0 Å². The molecule has 1 rings (SSSR count). The first-order chi connectivity index (χ1) is 4.72. The molecule has 10 heavy (non-hydrogen) atoms. The molecule has 0 aliphatic rings. The molecule has 0 spiro atoms. The van der Waals surface area contributed by atoms with Crippen LogP contribution in [0.4, 0.5) is 0 Å². The minimum absolute atomic E-state index is 0.0127. The van der Waals surface area contributed by atoms with Gasteiger partial charge in [-0.15, -0.1) is 0 Å². The summed E-state index contributed by atoms with van der Waals surface area (Å²) in [6.45, 7) is 1.97. The summed E-state index contributed by atoms with van der Waals surface area (Å²) in [5.74, 6) is 0.0127. The summed E-state index contributed by atoms with van der Waals surface area (Å²) in [5.41, 5.74) is 0.833. The van der Waals surface area contributed by atoms with Gasteiger partial charge in [0.25, 0.3) is 0 Å². The molecule has 0 bridgehead atoms. The number of halogens is 1. The van der Waals surface area contributed by atoms with Crippen LogP contribution < -0.4 is 0 Å². The first kappa shape index (κ1) is 7.47. The van der Waals surface area contributed by atoms with Crippen molar-refractivity contribution >= 4 is 15.9 Å². The quantitative estimate of drug-likeness (QED) is 0.703. The van der Waals surface area contributed by atoms with Gasteiger partial charge in [-0.05, 0) is 22.4 Å². The standard InChI is InChI=1S/C6H7BrN2O/c1-2-4-3-5(10)9-6(7)8-4/h3H,2H2,1H3,(H,8,9,10). The van der Waals surface area contributed by atoms with Crippen molar-refractivity contribution in [2.45, 2.75) is 13.3 Å². The van der Waals surface area contributed by atoms with E-state index in [-0.39, 0.29) is 5.88 Å². The van der Waals surface area contributed by atoms with E-state index in [0.29, 0.717) is 4.73 Å². The zero-order valence-electron chi connectivity index (χ0n) is 5.50. The number of rotatable bonds is 1. The Kier molecular flexibility index (Phi) is 2.21. The number of aromatic hydroxyl groups is 1. The summed E-state index contributed by atoms with van der Waals surface area (Å²) < 4.78 is 0.435. The lowest BCUT2D eigenvalue weighted by atomic mass is 10.3. The lowest BCUT2D eigenvalue weighted by Gasteiger charge is -1.96. The second kappa shape index (κ2) is 2.96. The molecule has 0 aromatic carbocycles. The van der Waals surface area contributed by atoms with Gasteiger partial charge >= 0.3 is 0 Å². The molecule has 54 valence electrons. The Morgan fingerprint density at radius 3 is 2.80 bits per heavy atom. The fourth-order valence-electron chi connectivity index (χ4n) is 0.633. The van der Waals surface area contributed by atoms with Crippen molar-refractivity contribution in [3.05, 3.63) is 16.5 Å². The molecule has 0 atom stereocenters. The summed E-state index contributed by atoms with van der Waals surface area (Å²) in [4.78, 5) is 7.64. The highest BCUT2D eigenvalue weighted by atomic mass is 79.9. The number of hydrogen-bond donors (Lipinski definition) is 1. The van der Waals surface area contributed by atoms with Gasteiger partial charge in [0, 0.05) is 11.8 Å². The summed E-state index contributed by atoms with van der Waals surface area (Å²) in [6.07, 6.45) is 0.800. The van der Waals surface area contributed by atoms with E-state index in [0.717, 1.165) is 12.1 Å². The van der Waals surface area contributed by atoms with Crippen molar-refractivity contribution in [1.82, 2.24) is 9.97 Å². The van der Waals surface area contributed by atoms with Gasteiger partial charge in [0.2, 0.25) is 5.88 Å². The van der Waals surface area contributed by atoms with E-state index in [1.165, 1.54) is 0 Å². The molecule has 3 nitrogen and oxygen atoms in total. The van der Waals surface area contributed by atoms with Gasteiger partial charge < -0.3 is 5.11 Å². The van der Waals surface area contributed by atoms with Crippen LogP contribution in [0.15, 0.2) is 10.8 Å². The molecule has 1 aromatic rings. The maximum absolute atomic E-state index is 8.94. The third kappa shape index (κ3) is 1.67. The van der Waals surface area contributed by atoms with E-state index >= 15 is 0 Å². The molecule has 0 saturated carbocycles. The van der Waals surface area contributed by atoms with E-state index < -0.39 is 0 Å². The molecule has 1 heterocycles. The highest BCUT2D eigenvalue weighted by Gasteiger charge is 1.97. The molecule has 4 heteroatoms. The van der Waals surface area contributed by atoms with E-state index in [4.69, 9.17) is 5.11 Å². The van der Waals surface area contributed by atoms with Crippen LogP contribution in [0.3, 0.4) is 0 Å². The molecule has 0 aliphatic carbocycles. The molecule has 0 unspecified atom stereocenters. The maximum Gasteiger partial charge on any atom is 0.215 e. The van der Waals surface area contributed by atoms with Gasteiger partial charge in [-0.25, -0.2) is 4.98 Å². The number of aromatic nitrogens is 2. The van der Waals surface area contributed by atoms with E-state index in [2.05, 4.69) is 25.9 Å². The van der Waals surface area contributed by atoms with Crippen molar-refractivity contribution in [2.75, 3.05) is 0 Å². The normalized spacial score (nSPS) is 9.80. The third-order valence-corrected chi connectivity index (χ3v) is 1.46. The molecule has 0 amide bonds. The van der Waals surface area contributed by atoms with Crippen LogP contribution >= 0.6 is 15.9 Å². The van der Waals surface area contributed by atoms with Gasteiger partial charge in [-0.2, -0.15) is 4.98 Å². The highest BCUT2D eigenvalue weighted by molar-refractivity contribution is 9.10. The van der Waals surface area contributed by atoms with Crippen LogP contribution in [0.2, 0.25) is 0 Å². The predicted octanol–water partition coefficient (Wildman–Crippen LogP) is 1.51. The summed E-state index contributed by atoms with van der Waals surface area (Å²) in [7, 11) is 0. The molecule has 0 fully saturated rings. The number of aryl methyl sites for hydroxylation is 1. The molecular formula is C6H7BrN2O. The lowest BCUT2D eigenvalue weighted by molar-refractivity contribution is 0.449. The highest BCUT2D eigenvalue weighted by Crippen LogP contribution is 2.11. The zero-order chi connectivity index (χ0) is 7.56. The summed E-state index contributed by atoms with van der Waals surface area (Å²) in [6, 6.07) is 1.55. The molecule has 0 aliphatic heterocycles. The fraction of sp³-hybridized carbons (Fsp3) is 0.333. The van der Waals surface area contributed by atoms with Crippen molar-refractivity contribution in [2.24, 2.45) is 0 Å². The number of nitrogens with zero attached hydrogens (tertiary/aromatic N) is 2. The van der Waals surface area contributed by atoms with E-state index in [1.807, 2.05) is 6.92 Å². The zero-order valence-corrected chi connectivity index (χ0v) is 7.09. The van der Waals surface area contributed by atoms with Crippen LogP contribution in [0, 0.1) is 0 Å². The molecule has 1 N–H and O–H groups in total. The first-order valence-electron chi connectivity index (χ1n) is 2.95. The van der Waals surface area contributed by atoms with Gasteiger partial charge in [0.15, 0.2) is 4.73 Å². The average Bonchev–Trinajstić information content (AvgIpc) is 1.85. The molecule has 1 aromatic heterocycles. The second-order valence-corrected chi connectivity index (χ2v) is 2.55. The van der Waals surface area contributed by atoms with Gasteiger partial charge in [-0.1, -0.05) is 6.92 Å². The van der Waals surface area contributed by atoms with Gasteiger partial charge in [0.1, 0.15) is 0 Å². The van der Waals surface area contributed by atoms with Crippen LogP contribution in [-0.4, -0.2) is 15.1 Å². The van der Waals surface area contributed by atoms with Crippen molar-refractivity contribution in [3.8, 4) is 5.88 Å². The smallest absolute Gasteiger partial charge is 0.215 e. The Labute approximate surface area is 67.3 Å². The second-order valence-electron chi connectivity index (χ2n) is 1.84. The van der Waals surface area contributed by atoms with Crippen molar-refractivity contribution < 1.29 is 5.11 Å². The lowest BCUT2D eigenvalue weighted by Crippen LogP contribution is -1.89. The maximum atomic E-state index is 8.94. The Hall–Kier alpha value is -0.640. The fourth-order valence-corrected chi connectivity index (χ4v) is 1.04. The SMILES string of the molecule is CCc1cc(O)nc(Br)n1. The van der Waals surface area contributed by atoms with Crippen LogP contribution in [0.1, 0.15) is 12.6 Å². The van der Waals surface area contributed by atoms with Gasteiger partial charge in [0.05, 0.1) is 0 Å². The molecule has 0 saturated heterocycles.